The molecule has 3 unspecified atom stereocenters. The van der Waals surface area contributed by atoms with Gasteiger partial charge in [-0.3, -0.25) is 38.1 Å². The van der Waals surface area contributed by atoms with E-state index in [-0.39, 0.29) is 38.1 Å². The Balaban J connectivity index is 2.11. The summed E-state index contributed by atoms with van der Waals surface area (Å²) in [5.41, 5.74) is 1.47. The molecule has 1 aromatic carbocycles. The molecule has 20 heteroatoms. The van der Waals surface area contributed by atoms with Crippen molar-refractivity contribution in [3.05, 3.63) is 41.5 Å². The maximum Gasteiger partial charge on any atom is 0.308 e. The Morgan fingerprint density at radius 1 is 1.07 bits per heavy atom. The zero-order valence-corrected chi connectivity index (χ0v) is 36.2. The molecular weight excluding hydrogens is 807 g/mol. The molecule has 2 rings (SSSR count). The lowest BCUT2D eigenvalue weighted by molar-refractivity contribution is -0.148. The van der Waals surface area contributed by atoms with Crippen LogP contribution < -0.4 is 16.0 Å². The first-order chi connectivity index (χ1) is 28.1. The van der Waals surface area contributed by atoms with Gasteiger partial charge in [0, 0.05) is 32.0 Å². The number of aliphatic hydroxyl groups is 1. The number of aryl methyl sites for hydroxylation is 1. The molecule has 1 aliphatic rings. The first-order valence-corrected chi connectivity index (χ1v) is 21.3. The lowest BCUT2D eigenvalue weighted by Crippen LogP contribution is -2.54. The number of hydrogen-bond acceptors (Lipinski definition) is 13. The van der Waals surface area contributed by atoms with E-state index >= 15 is 0 Å². The van der Waals surface area contributed by atoms with E-state index < -0.39 is 94.7 Å². The second-order valence-electron chi connectivity index (χ2n) is 15.7. The van der Waals surface area contributed by atoms with E-state index in [1.165, 1.54) is 7.05 Å². The molecule has 3 atom stereocenters. The quantitative estimate of drug-likeness (QED) is 0.0284. The molecule has 0 saturated carbocycles. The first-order valence-electron chi connectivity index (χ1n) is 19.7. The number of nitrogens with zero attached hydrogens (tertiary/aromatic N) is 2. The highest BCUT2D eigenvalue weighted by molar-refractivity contribution is 7.85. The van der Waals surface area contributed by atoms with Crippen LogP contribution in [0.5, 0.6) is 0 Å². The van der Waals surface area contributed by atoms with Crippen LogP contribution in [0.2, 0.25) is 0 Å². The number of esters is 1. The Kier molecular flexibility index (Phi) is 21.0. The molecule has 19 nitrogen and oxygen atoms in total. The minimum Gasteiger partial charge on any atom is -0.461 e. The number of hydrogen-bond donors (Lipinski definition) is 5. The summed E-state index contributed by atoms with van der Waals surface area (Å²) >= 11 is 0. The van der Waals surface area contributed by atoms with Gasteiger partial charge in [-0.1, -0.05) is 33.8 Å². The molecular formula is C40H61N5O14S. The van der Waals surface area contributed by atoms with Crippen LogP contribution in [-0.2, 0) is 70.9 Å². The van der Waals surface area contributed by atoms with E-state index in [0.717, 1.165) is 33.1 Å². The first kappa shape index (κ1) is 51.4. The number of rotatable bonds is 26. The summed E-state index contributed by atoms with van der Waals surface area (Å²) < 4.78 is 48.0. The van der Waals surface area contributed by atoms with E-state index in [2.05, 4.69) is 16.0 Å². The molecule has 0 bridgehead atoms. The molecule has 0 aromatic heterocycles. The van der Waals surface area contributed by atoms with Crippen molar-refractivity contribution in [1.82, 2.24) is 20.4 Å². The zero-order valence-electron chi connectivity index (χ0n) is 35.4. The highest BCUT2D eigenvalue weighted by atomic mass is 32.2. The van der Waals surface area contributed by atoms with Crippen LogP contribution in [-0.4, -0.2) is 146 Å². The number of likely N-dealkylation sites (N-methyl/N-ethyl adjacent to an activating group) is 1. The van der Waals surface area contributed by atoms with Crippen molar-refractivity contribution in [2.75, 3.05) is 57.6 Å². The van der Waals surface area contributed by atoms with E-state index in [1.807, 2.05) is 13.8 Å². The predicted molar refractivity (Wildman–Crippen MR) is 219 cm³/mol. The Morgan fingerprint density at radius 3 is 2.38 bits per heavy atom. The third-order valence-electron chi connectivity index (χ3n) is 9.56. The van der Waals surface area contributed by atoms with E-state index in [1.54, 1.807) is 45.9 Å². The van der Waals surface area contributed by atoms with Crippen LogP contribution in [0.1, 0.15) is 71.9 Å². The standard InChI is InChI=1S/C40H61N5O14S/c1-26(2)36(43-34(49)23-45-31(25-57-18-19-60(54,55)56)21-32(38(45)52)44(7)35(50)11-8-15-46)37(51)41-22-33(48)42-30-13-12-29(24-58-39(53)27(3)4)28(20-30)10-9-17-59-40(5,6)14-16-47/h8,11-13,15,20,26-27,31-32,36,47H,9-10,14,16-19,21-25H2,1-7H3,(H,41,51)(H,42,48)(H,43,49)(H,54,55,56)/b11-8-. The molecule has 60 heavy (non-hydrogen) atoms. The summed E-state index contributed by atoms with van der Waals surface area (Å²) in [5, 5.41) is 17.2. The summed E-state index contributed by atoms with van der Waals surface area (Å²) in [6.07, 6.45) is 3.93. The van der Waals surface area contributed by atoms with Crippen LogP contribution in [0.25, 0.3) is 0 Å². The Hall–Kier alpha value is -4.76. The van der Waals surface area contributed by atoms with Gasteiger partial charge in [-0.2, -0.15) is 8.42 Å². The topological polar surface area (TPSA) is 264 Å². The van der Waals surface area contributed by atoms with Gasteiger partial charge >= 0.3 is 5.97 Å². The van der Waals surface area contributed by atoms with Crippen molar-refractivity contribution in [3.63, 3.8) is 0 Å². The van der Waals surface area contributed by atoms with Crippen LogP contribution in [0.4, 0.5) is 5.69 Å². The van der Waals surface area contributed by atoms with Crippen molar-refractivity contribution in [3.8, 4) is 0 Å². The van der Waals surface area contributed by atoms with Crippen LogP contribution in [0.15, 0.2) is 30.4 Å². The number of aliphatic hydroxyl groups excluding tert-OH is 1. The summed E-state index contributed by atoms with van der Waals surface area (Å²) in [5.74, 6) is -5.11. The lowest BCUT2D eigenvalue weighted by Gasteiger charge is -2.27. The Labute approximate surface area is 351 Å². The molecule has 1 aliphatic heterocycles. The largest absolute Gasteiger partial charge is 0.461 e. The minimum atomic E-state index is -4.33. The Morgan fingerprint density at radius 2 is 1.77 bits per heavy atom. The fraction of sp³-hybridized carbons (Fsp3) is 0.625. The van der Waals surface area contributed by atoms with E-state index in [4.69, 9.17) is 18.8 Å². The molecule has 0 spiro atoms. The van der Waals surface area contributed by atoms with Gasteiger partial charge in [-0.05, 0) is 74.8 Å². The van der Waals surface area contributed by atoms with Gasteiger partial charge in [0.05, 0.1) is 49.6 Å². The van der Waals surface area contributed by atoms with Crippen molar-refractivity contribution >= 4 is 57.6 Å². The molecule has 1 saturated heterocycles. The van der Waals surface area contributed by atoms with Gasteiger partial charge in [-0.15, -0.1) is 0 Å². The third-order valence-corrected chi connectivity index (χ3v) is 10.2. The number of likely N-dealkylation sites (tertiary alicyclic amines) is 1. The van der Waals surface area contributed by atoms with Crippen LogP contribution in [0, 0.1) is 11.8 Å². The average molecular weight is 868 g/mol. The molecule has 1 aromatic rings. The molecule has 0 aliphatic carbocycles. The Bertz CT molecular complexity index is 1800. The van der Waals surface area contributed by atoms with Gasteiger partial charge in [-0.25, -0.2) is 0 Å². The van der Waals surface area contributed by atoms with Gasteiger partial charge in [0.15, 0.2) is 0 Å². The number of ether oxygens (including phenoxy) is 3. The maximum absolute atomic E-state index is 13.5. The van der Waals surface area contributed by atoms with Crippen LogP contribution in [0.3, 0.4) is 0 Å². The predicted octanol–water partition coefficient (Wildman–Crippen LogP) is 0.779. The van der Waals surface area contributed by atoms with Crippen molar-refractivity contribution in [2.45, 2.75) is 97.6 Å². The lowest BCUT2D eigenvalue weighted by atomic mass is 10.0. The minimum absolute atomic E-state index is 0.00758. The number of carbonyl (C=O) groups excluding carboxylic acids is 7. The fourth-order valence-corrected chi connectivity index (χ4v) is 6.39. The molecule has 1 heterocycles. The summed E-state index contributed by atoms with van der Waals surface area (Å²) in [7, 11) is -2.98. The second-order valence-corrected chi connectivity index (χ2v) is 17.2. The van der Waals surface area contributed by atoms with Gasteiger partial charge in [0.1, 0.15) is 25.0 Å². The van der Waals surface area contributed by atoms with Crippen LogP contribution >= 0.6 is 0 Å². The number of aldehydes is 1. The number of benzene rings is 1. The van der Waals surface area contributed by atoms with Gasteiger partial charge in [0.25, 0.3) is 10.1 Å². The second kappa shape index (κ2) is 24.5. The smallest absolute Gasteiger partial charge is 0.308 e. The van der Waals surface area contributed by atoms with Crippen molar-refractivity contribution in [1.29, 1.82) is 0 Å². The molecule has 0 radical (unpaired) electrons. The summed E-state index contributed by atoms with van der Waals surface area (Å²) in [6, 6.07) is 2.13. The number of allylic oxidation sites excluding steroid dienone is 1. The monoisotopic (exact) mass is 867 g/mol. The SMILES string of the molecule is CC(C)C(=O)OCc1ccc(NC(=O)CNC(=O)C(NC(=O)CN2C(=O)C(N(C)C(=O)/C=C\C=O)CC2COCCS(=O)(=O)O)C(C)C)cc1CCCOC(C)(C)CCO. The third kappa shape index (κ3) is 17.8. The summed E-state index contributed by atoms with van der Waals surface area (Å²) in [4.78, 5) is 90.9. The summed E-state index contributed by atoms with van der Waals surface area (Å²) in [6.45, 7) is 9.33. The highest BCUT2D eigenvalue weighted by Gasteiger charge is 2.43. The number of nitrogens with one attached hydrogen (secondary N) is 3. The number of anilines is 1. The van der Waals surface area contributed by atoms with Gasteiger partial charge in [0.2, 0.25) is 29.5 Å². The van der Waals surface area contributed by atoms with Gasteiger partial charge < -0.3 is 45.1 Å². The van der Waals surface area contributed by atoms with E-state index in [0.29, 0.717) is 37.8 Å². The molecule has 5 N–H and O–H groups in total. The fourth-order valence-electron chi connectivity index (χ4n) is 6.06. The number of carbonyl (C=O) groups is 7. The number of amides is 5. The van der Waals surface area contributed by atoms with E-state index in [9.17, 15) is 47.1 Å². The average Bonchev–Trinajstić information content (AvgIpc) is 3.47. The molecule has 1 fully saturated rings. The normalized spacial score (nSPS) is 16.2. The van der Waals surface area contributed by atoms with Crippen molar-refractivity contribution in [2.24, 2.45) is 11.8 Å². The zero-order chi connectivity index (χ0) is 45.2. The molecule has 336 valence electrons. The highest BCUT2D eigenvalue weighted by Crippen LogP contribution is 2.24. The molecule has 5 amide bonds. The van der Waals surface area contributed by atoms with Crippen molar-refractivity contribution < 1.29 is 65.8 Å². The maximum atomic E-state index is 13.5.